The number of aromatic nitrogens is 2. The van der Waals surface area contributed by atoms with Gasteiger partial charge in [0.2, 0.25) is 0 Å². The first-order chi connectivity index (χ1) is 8.16. The lowest BCUT2D eigenvalue weighted by Crippen LogP contribution is -2.12. The van der Waals surface area contributed by atoms with Gasteiger partial charge < -0.3 is 9.26 Å². The van der Waals surface area contributed by atoms with Crippen LogP contribution in [0.1, 0.15) is 12.6 Å². The van der Waals surface area contributed by atoms with Gasteiger partial charge >= 0.3 is 5.97 Å². The minimum Gasteiger partial charge on any atom is -0.459 e. The Morgan fingerprint density at radius 2 is 2.47 bits per heavy atom. The molecule has 0 radical (unpaired) electrons. The summed E-state index contributed by atoms with van der Waals surface area (Å²) in [7, 11) is 0. The Morgan fingerprint density at radius 1 is 1.65 bits per heavy atom. The maximum atomic E-state index is 10.6. The van der Waals surface area contributed by atoms with Crippen LogP contribution < -0.4 is 0 Å². The monoisotopic (exact) mass is 251 g/mol. The summed E-state index contributed by atoms with van der Waals surface area (Å²) in [6, 6.07) is 1.69. The van der Waals surface area contributed by atoms with Crippen molar-refractivity contribution in [3.8, 4) is 10.8 Å². The average molecular weight is 251 g/mol. The van der Waals surface area contributed by atoms with Gasteiger partial charge in [0.05, 0.1) is 17.6 Å². The van der Waals surface area contributed by atoms with Gasteiger partial charge in [-0.2, -0.15) is 0 Å². The molecule has 2 aromatic rings. The SMILES string of the molecule is CC(=O)OCC(=N)c1csc(-c2ccno2)n1. The highest BCUT2D eigenvalue weighted by molar-refractivity contribution is 7.13. The Balaban J connectivity index is 2.08. The van der Waals surface area contributed by atoms with E-state index in [1.807, 2.05) is 0 Å². The second kappa shape index (κ2) is 4.88. The van der Waals surface area contributed by atoms with Crippen LogP contribution in [-0.4, -0.2) is 28.4 Å². The Labute approximate surface area is 101 Å². The zero-order chi connectivity index (χ0) is 12.3. The lowest BCUT2D eigenvalue weighted by Gasteiger charge is -2.00. The maximum Gasteiger partial charge on any atom is 0.303 e. The molecule has 0 fully saturated rings. The van der Waals surface area contributed by atoms with Crippen molar-refractivity contribution in [1.82, 2.24) is 10.1 Å². The van der Waals surface area contributed by atoms with Gasteiger partial charge in [-0.1, -0.05) is 5.16 Å². The molecule has 0 atom stereocenters. The molecule has 88 valence electrons. The Kier molecular flexibility index (Phi) is 3.29. The molecule has 0 aromatic carbocycles. The predicted octanol–water partition coefficient (Wildman–Crippen LogP) is 1.73. The van der Waals surface area contributed by atoms with E-state index in [-0.39, 0.29) is 12.3 Å². The van der Waals surface area contributed by atoms with E-state index in [2.05, 4.69) is 10.1 Å². The summed E-state index contributed by atoms with van der Waals surface area (Å²) in [4.78, 5) is 14.8. The van der Waals surface area contributed by atoms with E-state index in [9.17, 15) is 4.79 Å². The van der Waals surface area contributed by atoms with Gasteiger partial charge in [0.15, 0.2) is 10.8 Å². The largest absolute Gasteiger partial charge is 0.459 e. The molecular formula is C10H9N3O3S. The standard InChI is InChI=1S/C10H9N3O3S/c1-6(14)15-4-7(11)8-5-17-10(13-8)9-2-3-12-16-9/h2-3,5,11H,4H2,1H3. The van der Waals surface area contributed by atoms with Gasteiger partial charge in [0, 0.05) is 18.4 Å². The van der Waals surface area contributed by atoms with Gasteiger partial charge in [-0.25, -0.2) is 4.98 Å². The molecule has 0 amide bonds. The lowest BCUT2D eigenvalue weighted by molar-refractivity contribution is -0.139. The van der Waals surface area contributed by atoms with Crippen molar-refractivity contribution in [3.63, 3.8) is 0 Å². The topological polar surface area (TPSA) is 89.1 Å². The molecule has 6 nitrogen and oxygen atoms in total. The molecule has 2 aromatic heterocycles. The molecule has 0 aliphatic rings. The van der Waals surface area contributed by atoms with Crippen molar-refractivity contribution in [3.05, 3.63) is 23.3 Å². The number of carbonyl (C=O) groups is 1. The van der Waals surface area contributed by atoms with Crippen LogP contribution in [0.15, 0.2) is 22.2 Å². The Morgan fingerprint density at radius 3 is 3.12 bits per heavy atom. The van der Waals surface area contributed by atoms with Crippen LogP contribution in [0.5, 0.6) is 0 Å². The van der Waals surface area contributed by atoms with Crippen LogP contribution in [0.25, 0.3) is 10.8 Å². The first-order valence-electron chi connectivity index (χ1n) is 4.74. The highest BCUT2D eigenvalue weighted by atomic mass is 32.1. The number of esters is 1. The molecule has 2 heterocycles. The predicted molar refractivity (Wildman–Crippen MR) is 61.1 cm³/mol. The van der Waals surface area contributed by atoms with Gasteiger partial charge in [-0.3, -0.25) is 10.2 Å². The summed E-state index contributed by atoms with van der Waals surface area (Å²) in [5.74, 6) is 0.141. The van der Waals surface area contributed by atoms with Crippen LogP contribution in [0.2, 0.25) is 0 Å². The van der Waals surface area contributed by atoms with E-state index >= 15 is 0 Å². The van der Waals surface area contributed by atoms with Crippen molar-refractivity contribution in [2.75, 3.05) is 6.61 Å². The van der Waals surface area contributed by atoms with Gasteiger partial charge in [-0.15, -0.1) is 11.3 Å². The second-order valence-electron chi connectivity index (χ2n) is 3.17. The number of thiazole rings is 1. The number of carbonyl (C=O) groups excluding carboxylic acids is 1. The second-order valence-corrected chi connectivity index (χ2v) is 4.03. The normalized spacial score (nSPS) is 10.2. The molecule has 2 rings (SSSR count). The van der Waals surface area contributed by atoms with E-state index in [1.54, 1.807) is 11.4 Å². The Hall–Kier alpha value is -2.02. The number of hydrogen-bond acceptors (Lipinski definition) is 7. The van der Waals surface area contributed by atoms with Crippen LogP contribution in [0.4, 0.5) is 0 Å². The van der Waals surface area contributed by atoms with Crippen molar-refractivity contribution < 1.29 is 14.1 Å². The van der Waals surface area contributed by atoms with Gasteiger partial charge in [0.1, 0.15) is 6.61 Å². The zero-order valence-electron chi connectivity index (χ0n) is 8.97. The van der Waals surface area contributed by atoms with Crippen LogP contribution >= 0.6 is 11.3 Å². The first kappa shape index (κ1) is 11.5. The molecule has 0 aliphatic carbocycles. The quantitative estimate of drug-likeness (QED) is 0.660. The minimum absolute atomic E-state index is 0.0745. The van der Waals surface area contributed by atoms with Crippen molar-refractivity contribution in [2.45, 2.75) is 6.92 Å². The maximum absolute atomic E-state index is 10.6. The van der Waals surface area contributed by atoms with E-state index in [1.165, 1.54) is 24.5 Å². The zero-order valence-corrected chi connectivity index (χ0v) is 9.78. The van der Waals surface area contributed by atoms with Crippen LogP contribution in [0.3, 0.4) is 0 Å². The number of nitrogens with zero attached hydrogens (tertiary/aromatic N) is 2. The molecular weight excluding hydrogens is 242 g/mol. The van der Waals surface area contributed by atoms with Crippen LogP contribution in [0, 0.1) is 5.41 Å². The first-order valence-corrected chi connectivity index (χ1v) is 5.62. The number of nitrogens with one attached hydrogen (secondary N) is 1. The molecule has 0 saturated carbocycles. The molecule has 0 aliphatic heterocycles. The summed E-state index contributed by atoms with van der Waals surface area (Å²) in [5.41, 5.74) is 0.630. The van der Waals surface area contributed by atoms with E-state index in [0.717, 1.165) is 0 Å². The third-order valence-corrected chi connectivity index (χ3v) is 2.74. The number of ether oxygens (including phenoxy) is 1. The summed E-state index contributed by atoms with van der Waals surface area (Å²) in [5, 5.41) is 13.6. The summed E-state index contributed by atoms with van der Waals surface area (Å²) >= 11 is 1.34. The molecule has 0 spiro atoms. The van der Waals surface area contributed by atoms with Crippen molar-refractivity contribution in [1.29, 1.82) is 5.41 Å². The fourth-order valence-electron chi connectivity index (χ4n) is 1.10. The van der Waals surface area contributed by atoms with E-state index in [0.29, 0.717) is 16.5 Å². The molecule has 0 saturated heterocycles. The molecule has 17 heavy (non-hydrogen) atoms. The van der Waals surface area contributed by atoms with Crippen molar-refractivity contribution >= 4 is 23.0 Å². The minimum atomic E-state index is -0.416. The molecule has 7 heteroatoms. The summed E-state index contributed by atoms with van der Waals surface area (Å²) in [6.07, 6.45) is 1.53. The molecule has 1 N–H and O–H groups in total. The highest BCUT2D eigenvalue weighted by Crippen LogP contribution is 2.23. The number of rotatable bonds is 4. The lowest BCUT2D eigenvalue weighted by atomic mass is 10.3. The van der Waals surface area contributed by atoms with E-state index in [4.69, 9.17) is 14.7 Å². The molecule has 0 unspecified atom stereocenters. The third kappa shape index (κ3) is 2.76. The Bertz CT molecular complexity index is 533. The fourth-order valence-corrected chi connectivity index (χ4v) is 1.89. The highest BCUT2D eigenvalue weighted by Gasteiger charge is 2.11. The molecule has 0 bridgehead atoms. The number of hydrogen-bond donors (Lipinski definition) is 1. The fraction of sp³-hybridized carbons (Fsp3) is 0.200. The van der Waals surface area contributed by atoms with Gasteiger partial charge in [-0.05, 0) is 0 Å². The average Bonchev–Trinajstić information content (AvgIpc) is 2.94. The van der Waals surface area contributed by atoms with Crippen molar-refractivity contribution in [2.24, 2.45) is 0 Å². The van der Waals surface area contributed by atoms with E-state index < -0.39 is 5.97 Å². The van der Waals surface area contributed by atoms with Gasteiger partial charge in [0.25, 0.3) is 0 Å². The van der Waals surface area contributed by atoms with Crippen LogP contribution in [-0.2, 0) is 9.53 Å². The summed E-state index contributed by atoms with van der Waals surface area (Å²) < 4.78 is 9.68. The third-order valence-electron chi connectivity index (χ3n) is 1.88. The smallest absolute Gasteiger partial charge is 0.303 e. The summed E-state index contributed by atoms with van der Waals surface area (Å²) in [6.45, 7) is 1.23.